The molecule has 0 radical (unpaired) electrons. The summed E-state index contributed by atoms with van der Waals surface area (Å²) in [6.45, 7) is 3.60. The van der Waals surface area contributed by atoms with Gasteiger partial charge in [-0.05, 0) is 47.0 Å². The van der Waals surface area contributed by atoms with Gasteiger partial charge in [0.15, 0.2) is 0 Å². The Kier molecular flexibility index (Phi) is 4.93. The molecule has 0 aliphatic carbocycles. The van der Waals surface area contributed by atoms with Crippen LogP contribution in [0.2, 0.25) is 0 Å². The van der Waals surface area contributed by atoms with Gasteiger partial charge in [-0.2, -0.15) is 4.98 Å². The predicted molar refractivity (Wildman–Crippen MR) is 115 cm³/mol. The smallest absolute Gasteiger partial charge is 0.325 e. The fourth-order valence-corrected chi connectivity index (χ4v) is 3.74. The van der Waals surface area contributed by atoms with Gasteiger partial charge in [0.05, 0.1) is 5.69 Å². The van der Waals surface area contributed by atoms with E-state index in [1.165, 1.54) is 16.6 Å². The summed E-state index contributed by atoms with van der Waals surface area (Å²) in [5.41, 5.74) is 1.99. The Labute approximate surface area is 188 Å². The summed E-state index contributed by atoms with van der Waals surface area (Å²) < 4.78 is 6.79. The number of benzene rings is 2. The van der Waals surface area contributed by atoms with E-state index in [1.54, 1.807) is 31.2 Å². The third-order valence-corrected chi connectivity index (χ3v) is 5.69. The van der Waals surface area contributed by atoms with E-state index in [9.17, 15) is 9.59 Å². The molecule has 0 saturated carbocycles. The van der Waals surface area contributed by atoms with Crippen molar-refractivity contribution in [2.45, 2.75) is 32.4 Å². The number of carbonyl (C=O) groups is 2. The van der Waals surface area contributed by atoms with E-state index in [2.05, 4.69) is 37.9 Å². The van der Waals surface area contributed by atoms with Crippen LogP contribution >= 0.6 is 0 Å². The molecule has 1 atom stereocenters. The molecule has 0 unspecified atom stereocenters. The third-order valence-electron chi connectivity index (χ3n) is 5.69. The number of tetrazole rings is 1. The van der Waals surface area contributed by atoms with Crippen molar-refractivity contribution in [3.63, 3.8) is 0 Å². The van der Waals surface area contributed by atoms with Crippen molar-refractivity contribution in [3.8, 4) is 17.1 Å². The van der Waals surface area contributed by atoms with Crippen LogP contribution in [0.25, 0.3) is 17.1 Å². The monoisotopic (exact) mass is 444 g/mol. The first-order valence-electron chi connectivity index (χ1n) is 10.4. The molecule has 4 aromatic rings. The molecule has 2 aromatic heterocycles. The van der Waals surface area contributed by atoms with Crippen LogP contribution in [0.15, 0.2) is 59.4 Å². The van der Waals surface area contributed by atoms with Crippen LogP contribution in [0.1, 0.15) is 30.9 Å². The molecule has 11 nitrogen and oxygen atoms in total. The van der Waals surface area contributed by atoms with Gasteiger partial charge in [0, 0.05) is 5.56 Å². The fraction of sp³-hybridized carbons (Fsp3) is 0.227. The second kappa shape index (κ2) is 7.93. The van der Waals surface area contributed by atoms with E-state index in [-0.39, 0.29) is 12.4 Å². The minimum atomic E-state index is -1.26. The standard InChI is InChI=1S/C22H20N8O3/c1-3-14-7-9-15(10-8-14)19-24-18(33-26-19)12-29-20(31)22(2,25-21(29)32)16-5-4-6-17(11-16)30-13-23-27-28-30/h4-11,13H,3,12H2,1-2H3,(H,25,32)/t22-/m1/s1. The van der Waals surface area contributed by atoms with Gasteiger partial charge in [-0.3, -0.25) is 9.69 Å². The minimum Gasteiger partial charge on any atom is -0.337 e. The number of nitrogens with zero attached hydrogens (tertiary/aromatic N) is 7. The highest BCUT2D eigenvalue weighted by atomic mass is 16.5. The van der Waals surface area contributed by atoms with Gasteiger partial charge in [0.2, 0.25) is 11.7 Å². The van der Waals surface area contributed by atoms with Gasteiger partial charge in [-0.15, -0.1) is 5.10 Å². The zero-order valence-corrected chi connectivity index (χ0v) is 18.0. The van der Waals surface area contributed by atoms with E-state index < -0.39 is 17.5 Å². The number of aromatic nitrogens is 6. The van der Waals surface area contributed by atoms with E-state index in [0.717, 1.165) is 16.9 Å². The molecule has 1 saturated heterocycles. The maximum absolute atomic E-state index is 13.3. The van der Waals surface area contributed by atoms with Crippen LogP contribution in [-0.2, 0) is 23.3 Å². The summed E-state index contributed by atoms with van der Waals surface area (Å²) >= 11 is 0. The van der Waals surface area contributed by atoms with Crippen LogP contribution in [0.3, 0.4) is 0 Å². The molecule has 0 spiro atoms. The Morgan fingerprint density at radius 1 is 1.12 bits per heavy atom. The van der Waals surface area contributed by atoms with Crippen LogP contribution in [0.4, 0.5) is 4.79 Å². The zero-order chi connectivity index (χ0) is 23.0. The van der Waals surface area contributed by atoms with Crippen molar-refractivity contribution in [1.82, 2.24) is 40.6 Å². The molecule has 11 heteroatoms. The summed E-state index contributed by atoms with van der Waals surface area (Å²) in [7, 11) is 0. The van der Waals surface area contributed by atoms with Crippen molar-refractivity contribution in [2.75, 3.05) is 0 Å². The second-order valence-corrected chi connectivity index (χ2v) is 7.81. The van der Waals surface area contributed by atoms with Gasteiger partial charge < -0.3 is 9.84 Å². The highest BCUT2D eigenvalue weighted by molar-refractivity contribution is 6.07. The Morgan fingerprint density at radius 2 is 1.94 bits per heavy atom. The number of aryl methyl sites for hydroxylation is 1. The first-order valence-corrected chi connectivity index (χ1v) is 10.4. The fourth-order valence-electron chi connectivity index (χ4n) is 3.74. The quantitative estimate of drug-likeness (QED) is 0.448. The highest BCUT2D eigenvalue weighted by Crippen LogP contribution is 2.31. The molecule has 3 amide bonds. The molecular weight excluding hydrogens is 424 g/mol. The average molecular weight is 444 g/mol. The molecule has 1 N–H and O–H groups in total. The number of imide groups is 1. The van der Waals surface area contributed by atoms with Gasteiger partial charge in [0.1, 0.15) is 18.4 Å². The molecule has 1 aliphatic heterocycles. The Hall–Kier alpha value is -4.41. The molecule has 5 rings (SSSR count). The topological polar surface area (TPSA) is 132 Å². The summed E-state index contributed by atoms with van der Waals surface area (Å²) in [6.07, 6.45) is 2.38. The van der Waals surface area contributed by atoms with Crippen LogP contribution < -0.4 is 5.32 Å². The van der Waals surface area contributed by atoms with E-state index in [1.807, 2.05) is 24.3 Å². The first kappa shape index (κ1) is 20.5. The number of nitrogens with one attached hydrogen (secondary N) is 1. The van der Waals surface area contributed by atoms with Crippen LogP contribution in [0.5, 0.6) is 0 Å². The predicted octanol–water partition coefficient (Wildman–Crippen LogP) is 2.24. The molecule has 33 heavy (non-hydrogen) atoms. The Morgan fingerprint density at radius 3 is 2.67 bits per heavy atom. The van der Waals surface area contributed by atoms with Crippen LogP contribution in [-0.4, -0.2) is 47.2 Å². The van der Waals surface area contributed by atoms with Crippen molar-refractivity contribution < 1.29 is 14.1 Å². The molecule has 0 bridgehead atoms. The van der Waals surface area contributed by atoms with Gasteiger partial charge in [-0.25, -0.2) is 9.48 Å². The zero-order valence-electron chi connectivity index (χ0n) is 18.0. The van der Waals surface area contributed by atoms with Crippen molar-refractivity contribution in [2.24, 2.45) is 0 Å². The number of carbonyl (C=O) groups excluding carboxylic acids is 2. The molecular formula is C22H20N8O3. The first-order chi connectivity index (χ1) is 16.0. The average Bonchev–Trinajstić information content (AvgIpc) is 3.58. The lowest BCUT2D eigenvalue weighted by Gasteiger charge is -2.22. The normalized spacial score (nSPS) is 18.1. The third kappa shape index (κ3) is 3.63. The number of hydrogen-bond donors (Lipinski definition) is 1. The summed E-state index contributed by atoms with van der Waals surface area (Å²) in [5, 5.41) is 17.9. The molecule has 1 aliphatic rings. The SMILES string of the molecule is CCc1ccc(-c2noc(CN3C(=O)N[C@](C)(c4cccc(-n5cnnn5)c4)C3=O)n2)cc1. The number of rotatable bonds is 6. The van der Waals surface area contributed by atoms with Gasteiger partial charge >= 0.3 is 6.03 Å². The maximum atomic E-state index is 13.3. The lowest BCUT2D eigenvalue weighted by molar-refractivity contribution is -0.131. The molecule has 1 fully saturated rings. The summed E-state index contributed by atoms with van der Waals surface area (Å²) in [6, 6.07) is 14.4. The van der Waals surface area contributed by atoms with E-state index in [0.29, 0.717) is 17.1 Å². The molecule has 2 aromatic carbocycles. The largest absolute Gasteiger partial charge is 0.337 e. The Balaban J connectivity index is 1.37. The highest BCUT2D eigenvalue weighted by Gasteiger charge is 2.49. The number of amides is 3. The van der Waals surface area contributed by atoms with Crippen molar-refractivity contribution in [3.05, 3.63) is 71.9 Å². The second-order valence-electron chi connectivity index (χ2n) is 7.81. The maximum Gasteiger partial charge on any atom is 0.325 e. The molecule has 166 valence electrons. The number of urea groups is 1. The molecule has 3 heterocycles. The minimum absolute atomic E-state index is 0.132. The van der Waals surface area contributed by atoms with Crippen molar-refractivity contribution >= 4 is 11.9 Å². The summed E-state index contributed by atoms with van der Waals surface area (Å²) in [4.78, 5) is 31.4. The van der Waals surface area contributed by atoms with E-state index in [4.69, 9.17) is 4.52 Å². The lowest BCUT2D eigenvalue weighted by Crippen LogP contribution is -2.40. The lowest BCUT2D eigenvalue weighted by atomic mass is 9.91. The van der Waals surface area contributed by atoms with E-state index >= 15 is 0 Å². The summed E-state index contributed by atoms with van der Waals surface area (Å²) in [5.74, 6) is 0.143. The number of hydrogen-bond acceptors (Lipinski definition) is 8. The Bertz CT molecular complexity index is 1320. The van der Waals surface area contributed by atoms with Crippen LogP contribution in [0, 0.1) is 0 Å². The van der Waals surface area contributed by atoms with Crippen molar-refractivity contribution in [1.29, 1.82) is 0 Å². The van der Waals surface area contributed by atoms with Gasteiger partial charge in [0.25, 0.3) is 5.91 Å². The van der Waals surface area contributed by atoms with Gasteiger partial charge in [-0.1, -0.05) is 48.5 Å².